The van der Waals surface area contributed by atoms with Crippen LogP contribution < -0.4 is 0 Å². The molecule has 0 aliphatic carbocycles. The molecule has 0 aliphatic rings. The van der Waals surface area contributed by atoms with E-state index in [1.807, 2.05) is 26.2 Å². The van der Waals surface area contributed by atoms with Crippen LogP contribution in [0.15, 0.2) is 5.38 Å². The van der Waals surface area contributed by atoms with Crippen molar-refractivity contribution in [2.75, 3.05) is 6.61 Å². The molecule has 0 radical (unpaired) electrons. The van der Waals surface area contributed by atoms with Crippen molar-refractivity contribution in [3.63, 3.8) is 0 Å². The van der Waals surface area contributed by atoms with E-state index >= 15 is 0 Å². The molecular weight excluding hydrogens is 274 g/mol. The van der Waals surface area contributed by atoms with Crippen LogP contribution in [0.5, 0.6) is 0 Å². The van der Waals surface area contributed by atoms with Crippen molar-refractivity contribution in [2.45, 2.75) is 27.3 Å². The van der Waals surface area contributed by atoms with Crippen LogP contribution in [0.4, 0.5) is 4.79 Å². The van der Waals surface area contributed by atoms with Gasteiger partial charge in [-0.1, -0.05) is 13.8 Å². The van der Waals surface area contributed by atoms with Gasteiger partial charge in [0.05, 0.1) is 6.61 Å². The third-order valence-corrected chi connectivity index (χ3v) is 3.39. The quantitative estimate of drug-likeness (QED) is 0.484. The summed E-state index contributed by atoms with van der Waals surface area (Å²) in [6.07, 6.45) is -0.965. The fourth-order valence-electron chi connectivity index (χ4n) is 1.11. The molecule has 0 saturated heterocycles. The molecule has 0 atom stereocenters. The van der Waals surface area contributed by atoms with Crippen LogP contribution in [0.1, 0.15) is 19.5 Å². The van der Waals surface area contributed by atoms with Crippen LogP contribution in [0, 0.1) is 16.8 Å². The van der Waals surface area contributed by atoms with Gasteiger partial charge in [0.15, 0.2) is 3.95 Å². The number of ether oxygens (including phenoxy) is 2. The van der Waals surface area contributed by atoms with Gasteiger partial charge in [-0.2, -0.15) is 0 Å². The maximum Gasteiger partial charge on any atom is 0.516 e. The average Bonchev–Trinajstić information content (AvgIpc) is 2.58. The molecule has 0 bridgehead atoms. The second-order valence-electron chi connectivity index (χ2n) is 4.16. The third kappa shape index (κ3) is 4.58. The first-order valence-electron chi connectivity index (χ1n) is 5.42. The molecule has 18 heavy (non-hydrogen) atoms. The Morgan fingerprint density at radius 3 is 2.67 bits per heavy atom. The number of nitrogens with zero attached hydrogens (tertiary/aromatic N) is 1. The van der Waals surface area contributed by atoms with Crippen molar-refractivity contribution in [3.8, 4) is 0 Å². The van der Waals surface area contributed by atoms with Gasteiger partial charge in [0.25, 0.3) is 0 Å². The monoisotopic (exact) mass is 289 g/mol. The summed E-state index contributed by atoms with van der Waals surface area (Å²) in [7, 11) is 0. The van der Waals surface area contributed by atoms with E-state index in [0.717, 1.165) is 5.69 Å². The predicted octanol–water partition coefficient (Wildman–Crippen LogP) is 2.92. The molecule has 0 saturated carbocycles. The van der Waals surface area contributed by atoms with Crippen molar-refractivity contribution >= 4 is 35.7 Å². The minimum absolute atomic E-state index is 0.0784. The van der Waals surface area contributed by atoms with Crippen molar-refractivity contribution < 1.29 is 19.1 Å². The van der Waals surface area contributed by atoms with Crippen LogP contribution in [0.3, 0.4) is 0 Å². The zero-order chi connectivity index (χ0) is 13.7. The first kappa shape index (κ1) is 14.8. The Balaban J connectivity index is 2.47. The molecule has 100 valence electrons. The maximum absolute atomic E-state index is 11.5. The highest BCUT2D eigenvalue weighted by atomic mass is 32.1. The Morgan fingerprint density at radius 1 is 1.50 bits per heavy atom. The van der Waals surface area contributed by atoms with Crippen LogP contribution in [-0.4, -0.2) is 23.3 Å². The molecule has 1 rings (SSSR count). The molecule has 1 aromatic rings. The van der Waals surface area contributed by atoms with Gasteiger partial charge in [-0.15, -0.1) is 11.3 Å². The molecule has 7 heteroatoms. The summed E-state index contributed by atoms with van der Waals surface area (Å²) in [5.74, 6) is -0.484. The van der Waals surface area contributed by atoms with E-state index in [4.69, 9.17) is 17.0 Å². The highest BCUT2D eigenvalue weighted by Crippen LogP contribution is 2.10. The van der Waals surface area contributed by atoms with Gasteiger partial charge in [0, 0.05) is 11.1 Å². The van der Waals surface area contributed by atoms with E-state index in [1.54, 1.807) is 4.57 Å². The molecule has 0 aliphatic heterocycles. The smallest absolute Gasteiger partial charge is 0.434 e. The lowest BCUT2D eigenvalue weighted by Gasteiger charge is -2.07. The molecule has 5 nitrogen and oxygen atoms in total. The zero-order valence-corrected chi connectivity index (χ0v) is 12.1. The molecule has 0 unspecified atom stereocenters. The fraction of sp³-hybridized carbons (Fsp3) is 0.545. The molecule has 0 fully saturated rings. The van der Waals surface area contributed by atoms with E-state index in [1.165, 1.54) is 11.3 Å². The molecule has 0 amide bonds. The molecular formula is C11H15NO4S2. The van der Waals surface area contributed by atoms with E-state index in [2.05, 4.69) is 4.74 Å². The van der Waals surface area contributed by atoms with Crippen LogP contribution in [0.25, 0.3) is 0 Å². The van der Waals surface area contributed by atoms with Crippen molar-refractivity contribution in [2.24, 2.45) is 5.92 Å². The molecule has 0 spiro atoms. The first-order valence-corrected chi connectivity index (χ1v) is 6.71. The lowest BCUT2D eigenvalue weighted by molar-refractivity contribution is -0.140. The van der Waals surface area contributed by atoms with E-state index in [9.17, 15) is 9.59 Å². The Morgan fingerprint density at radius 2 is 2.17 bits per heavy atom. The van der Waals surface area contributed by atoms with E-state index in [-0.39, 0.29) is 19.1 Å². The number of carbonyl (C=O) groups excluding carboxylic acids is 2. The second-order valence-corrected chi connectivity index (χ2v) is 5.66. The SMILES string of the molecule is Cc1csc(=S)n1CC(=O)OC(=O)OCC(C)C. The summed E-state index contributed by atoms with van der Waals surface area (Å²) < 4.78 is 11.4. The Bertz CT molecular complexity index is 489. The van der Waals surface area contributed by atoms with Gasteiger partial charge in [0.1, 0.15) is 6.54 Å². The lowest BCUT2D eigenvalue weighted by Crippen LogP contribution is -2.20. The number of thiazole rings is 1. The normalized spacial score (nSPS) is 10.4. The van der Waals surface area contributed by atoms with Gasteiger partial charge in [-0.3, -0.25) is 0 Å². The Hall–Kier alpha value is -1.21. The van der Waals surface area contributed by atoms with Crippen molar-refractivity contribution in [1.29, 1.82) is 0 Å². The number of hydrogen-bond donors (Lipinski definition) is 0. The summed E-state index contributed by atoms with van der Waals surface area (Å²) >= 11 is 6.41. The van der Waals surface area contributed by atoms with Crippen LogP contribution >= 0.6 is 23.6 Å². The first-order chi connectivity index (χ1) is 8.40. The number of hydrogen-bond acceptors (Lipinski definition) is 6. The summed E-state index contributed by atoms with van der Waals surface area (Å²) in [4.78, 5) is 22.6. The van der Waals surface area contributed by atoms with Crippen LogP contribution in [-0.2, 0) is 20.8 Å². The average molecular weight is 289 g/mol. The number of aryl methyl sites for hydroxylation is 1. The summed E-state index contributed by atoms with van der Waals surface area (Å²) in [6, 6.07) is 0. The topological polar surface area (TPSA) is 57.5 Å². The highest BCUT2D eigenvalue weighted by molar-refractivity contribution is 7.73. The fourth-order valence-corrected chi connectivity index (χ4v) is 2.20. The van der Waals surface area contributed by atoms with Gasteiger partial charge < -0.3 is 14.0 Å². The number of esters is 1. The molecule has 0 N–H and O–H groups in total. The predicted molar refractivity (Wildman–Crippen MR) is 70.2 cm³/mol. The number of rotatable bonds is 4. The second kappa shape index (κ2) is 6.65. The number of carbonyl (C=O) groups is 2. The molecule has 1 heterocycles. The molecule has 1 aromatic heterocycles. The minimum atomic E-state index is -0.965. The van der Waals surface area contributed by atoms with Gasteiger partial charge in [-0.25, -0.2) is 9.59 Å². The van der Waals surface area contributed by atoms with Gasteiger partial charge >= 0.3 is 12.1 Å². The van der Waals surface area contributed by atoms with E-state index < -0.39 is 12.1 Å². The number of aromatic nitrogens is 1. The Kier molecular flexibility index (Phi) is 5.49. The van der Waals surface area contributed by atoms with Crippen molar-refractivity contribution in [1.82, 2.24) is 4.57 Å². The summed E-state index contributed by atoms with van der Waals surface area (Å²) in [5, 5.41) is 1.84. The van der Waals surface area contributed by atoms with E-state index in [0.29, 0.717) is 3.95 Å². The lowest BCUT2D eigenvalue weighted by atomic mass is 10.2. The molecule has 0 aromatic carbocycles. The van der Waals surface area contributed by atoms with Crippen molar-refractivity contribution in [3.05, 3.63) is 15.0 Å². The zero-order valence-electron chi connectivity index (χ0n) is 10.5. The Labute approximate surface area is 114 Å². The standard InChI is InChI=1S/C11H15NO4S2/c1-7(2)5-15-11(14)16-9(13)4-12-8(3)6-18-10(12)17/h6-7H,4-5H2,1-3H3. The summed E-state index contributed by atoms with van der Waals surface area (Å²) in [6.45, 7) is 5.76. The largest absolute Gasteiger partial charge is 0.516 e. The van der Waals surface area contributed by atoms with Crippen LogP contribution in [0.2, 0.25) is 0 Å². The van der Waals surface area contributed by atoms with Gasteiger partial charge in [0.2, 0.25) is 0 Å². The maximum atomic E-state index is 11.5. The minimum Gasteiger partial charge on any atom is -0.434 e. The third-order valence-electron chi connectivity index (χ3n) is 2.00. The van der Waals surface area contributed by atoms with Gasteiger partial charge in [-0.05, 0) is 25.1 Å². The highest BCUT2D eigenvalue weighted by Gasteiger charge is 2.14. The summed E-state index contributed by atoms with van der Waals surface area (Å²) in [5.41, 5.74) is 0.859.